The Morgan fingerprint density at radius 1 is 1.47 bits per heavy atom. The number of hydrogen-bond acceptors (Lipinski definition) is 6. The molecule has 0 aromatic heterocycles. The van der Waals surface area contributed by atoms with Gasteiger partial charge in [-0.05, 0) is 11.6 Å². The largest absolute Gasteiger partial charge is 0.504 e. The van der Waals surface area contributed by atoms with Gasteiger partial charge < -0.3 is 21.7 Å². The third-order valence-electron chi connectivity index (χ3n) is 1.97. The van der Waals surface area contributed by atoms with Gasteiger partial charge in [0, 0.05) is 18.7 Å². The smallest absolute Gasteiger partial charge is 0.314 e. The van der Waals surface area contributed by atoms with Crippen LogP contribution in [0.5, 0.6) is 11.5 Å². The van der Waals surface area contributed by atoms with Crippen molar-refractivity contribution in [1.82, 2.24) is 0 Å². The van der Waals surface area contributed by atoms with Gasteiger partial charge in [0.2, 0.25) is 5.75 Å². The molecule has 0 aliphatic carbocycles. The van der Waals surface area contributed by atoms with Crippen LogP contribution < -0.4 is 11.5 Å². The third kappa shape index (κ3) is 2.14. The first kappa shape index (κ1) is 11.2. The van der Waals surface area contributed by atoms with Gasteiger partial charge >= 0.3 is 5.69 Å². The Morgan fingerprint density at radius 3 is 2.53 bits per heavy atom. The summed E-state index contributed by atoms with van der Waals surface area (Å²) >= 11 is 0. The molecular formula is C8H11N3O4. The first-order chi connectivity index (χ1) is 6.97. The van der Waals surface area contributed by atoms with E-state index in [0.717, 1.165) is 12.1 Å². The van der Waals surface area contributed by atoms with Crippen LogP contribution in [0.15, 0.2) is 12.1 Å². The van der Waals surface area contributed by atoms with Crippen LogP contribution in [-0.2, 0) is 0 Å². The molecule has 0 bridgehead atoms. The van der Waals surface area contributed by atoms with E-state index >= 15 is 0 Å². The zero-order valence-corrected chi connectivity index (χ0v) is 7.75. The Morgan fingerprint density at radius 2 is 2.07 bits per heavy atom. The maximum atomic E-state index is 10.5. The molecule has 0 aliphatic heterocycles. The number of nitro groups is 1. The molecule has 0 aliphatic rings. The Kier molecular flexibility index (Phi) is 3.08. The maximum absolute atomic E-state index is 10.5. The number of hydrogen-bond donors (Lipinski definition) is 4. The van der Waals surface area contributed by atoms with E-state index in [0.29, 0.717) is 5.56 Å². The van der Waals surface area contributed by atoms with Crippen LogP contribution in [-0.4, -0.2) is 21.7 Å². The lowest BCUT2D eigenvalue weighted by atomic mass is 10.1. The van der Waals surface area contributed by atoms with Crippen molar-refractivity contribution in [3.8, 4) is 11.5 Å². The fourth-order valence-corrected chi connectivity index (χ4v) is 1.11. The molecule has 82 valence electrons. The number of nitro benzene ring substituents is 1. The summed E-state index contributed by atoms with van der Waals surface area (Å²) in [6, 6.07) is 1.63. The van der Waals surface area contributed by atoms with Crippen molar-refractivity contribution in [1.29, 1.82) is 0 Å². The minimum absolute atomic E-state index is 0.0847. The average molecular weight is 213 g/mol. The summed E-state index contributed by atoms with van der Waals surface area (Å²) in [5, 5.41) is 28.9. The second kappa shape index (κ2) is 4.11. The summed E-state index contributed by atoms with van der Waals surface area (Å²) in [5.41, 5.74) is 10.5. The Balaban J connectivity index is 3.29. The van der Waals surface area contributed by atoms with Gasteiger partial charge in [0.25, 0.3) is 0 Å². The van der Waals surface area contributed by atoms with Gasteiger partial charge in [-0.2, -0.15) is 0 Å². The van der Waals surface area contributed by atoms with Crippen LogP contribution in [0.2, 0.25) is 0 Å². The number of nitrogens with zero attached hydrogens (tertiary/aromatic N) is 1. The van der Waals surface area contributed by atoms with E-state index in [-0.39, 0.29) is 6.54 Å². The number of benzene rings is 1. The lowest BCUT2D eigenvalue weighted by Crippen LogP contribution is -2.20. The number of phenols is 2. The molecular weight excluding hydrogens is 202 g/mol. The highest BCUT2D eigenvalue weighted by Gasteiger charge is 2.20. The fraction of sp³-hybridized carbons (Fsp3) is 0.250. The Hall–Kier alpha value is -1.86. The first-order valence-corrected chi connectivity index (χ1v) is 4.13. The molecule has 15 heavy (non-hydrogen) atoms. The summed E-state index contributed by atoms with van der Waals surface area (Å²) in [4.78, 5) is 9.70. The summed E-state index contributed by atoms with van der Waals surface area (Å²) in [7, 11) is 0. The zero-order valence-electron chi connectivity index (χ0n) is 7.75. The van der Waals surface area contributed by atoms with Crippen molar-refractivity contribution in [3.05, 3.63) is 27.8 Å². The van der Waals surface area contributed by atoms with Gasteiger partial charge in [-0.15, -0.1) is 0 Å². The summed E-state index contributed by atoms with van der Waals surface area (Å²) in [6.45, 7) is 0.0847. The van der Waals surface area contributed by atoms with Crippen LogP contribution in [0.3, 0.4) is 0 Å². The minimum Gasteiger partial charge on any atom is -0.504 e. The molecule has 0 saturated heterocycles. The Labute approximate surface area is 85.1 Å². The van der Waals surface area contributed by atoms with E-state index in [4.69, 9.17) is 11.5 Å². The summed E-state index contributed by atoms with van der Waals surface area (Å²) in [6.07, 6.45) is 0. The molecule has 0 radical (unpaired) electrons. The lowest BCUT2D eigenvalue weighted by molar-refractivity contribution is -0.386. The maximum Gasteiger partial charge on any atom is 0.314 e. The number of rotatable bonds is 3. The van der Waals surface area contributed by atoms with Gasteiger partial charge in [-0.3, -0.25) is 10.1 Å². The minimum atomic E-state index is -0.804. The monoisotopic (exact) mass is 213 g/mol. The van der Waals surface area contributed by atoms with E-state index in [2.05, 4.69) is 0 Å². The molecule has 1 aromatic carbocycles. The predicted molar refractivity (Wildman–Crippen MR) is 52.4 cm³/mol. The van der Waals surface area contributed by atoms with Gasteiger partial charge in [0.05, 0.1) is 4.92 Å². The van der Waals surface area contributed by atoms with E-state index < -0.39 is 28.2 Å². The molecule has 7 heteroatoms. The highest BCUT2D eigenvalue weighted by atomic mass is 16.6. The molecule has 0 unspecified atom stereocenters. The van der Waals surface area contributed by atoms with Gasteiger partial charge in [0.15, 0.2) is 5.75 Å². The third-order valence-corrected chi connectivity index (χ3v) is 1.97. The van der Waals surface area contributed by atoms with Crippen molar-refractivity contribution in [2.24, 2.45) is 11.5 Å². The average Bonchev–Trinajstić information content (AvgIpc) is 2.20. The second-order valence-corrected chi connectivity index (χ2v) is 3.01. The van der Waals surface area contributed by atoms with Crippen LogP contribution >= 0.6 is 0 Å². The van der Waals surface area contributed by atoms with E-state index in [1.165, 1.54) is 0 Å². The van der Waals surface area contributed by atoms with E-state index in [1.54, 1.807) is 0 Å². The lowest BCUT2D eigenvalue weighted by Gasteiger charge is -2.10. The predicted octanol–water partition coefficient (Wildman–Crippen LogP) is -0.0355. The normalized spacial score (nSPS) is 12.4. The number of aromatic hydroxyl groups is 2. The van der Waals surface area contributed by atoms with Gasteiger partial charge in [0.1, 0.15) is 0 Å². The highest BCUT2D eigenvalue weighted by molar-refractivity contribution is 5.56. The van der Waals surface area contributed by atoms with Crippen LogP contribution in [0.1, 0.15) is 11.6 Å². The van der Waals surface area contributed by atoms with E-state index in [1.807, 2.05) is 0 Å². The summed E-state index contributed by atoms with van der Waals surface area (Å²) in [5.74, 6) is -1.35. The molecule has 0 amide bonds. The first-order valence-electron chi connectivity index (χ1n) is 4.13. The SMILES string of the molecule is NC[C@@H](N)c1cc(O)c(O)c([N+](=O)[O-])c1. The Bertz CT molecular complexity index is 394. The number of nitrogens with two attached hydrogens (primary N) is 2. The van der Waals surface area contributed by atoms with Crippen molar-refractivity contribution in [2.45, 2.75) is 6.04 Å². The highest BCUT2D eigenvalue weighted by Crippen LogP contribution is 2.37. The molecule has 6 N–H and O–H groups in total. The topological polar surface area (TPSA) is 136 Å². The van der Waals surface area contributed by atoms with Crippen molar-refractivity contribution < 1.29 is 15.1 Å². The zero-order chi connectivity index (χ0) is 11.6. The molecule has 1 aromatic rings. The fourth-order valence-electron chi connectivity index (χ4n) is 1.11. The second-order valence-electron chi connectivity index (χ2n) is 3.01. The van der Waals surface area contributed by atoms with Crippen molar-refractivity contribution in [2.75, 3.05) is 6.54 Å². The van der Waals surface area contributed by atoms with E-state index in [9.17, 15) is 20.3 Å². The molecule has 0 spiro atoms. The molecule has 1 rings (SSSR count). The quantitative estimate of drug-likeness (QED) is 0.316. The molecule has 0 heterocycles. The van der Waals surface area contributed by atoms with Crippen molar-refractivity contribution in [3.63, 3.8) is 0 Å². The van der Waals surface area contributed by atoms with Crippen LogP contribution in [0.25, 0.3) is 0 Å². The number of phenolic OH excluding ortho intramolecular Hbond substituents is 2. The molecule has 0 saturated carbocycles. The van der Waals surface area contributed by atoms with Gasteiger partial charge in [-0.1, -0.05) is 0 Å². The van der Waals surface area contributed by atoms with Gasteiger partial charge in [-0.25, -0.2) is 0 Å². The van der Waals surface area contributed by atoms with Crippen molar-refractivity contribution >= 4 is 5.69 Å². The van der Waals surface area contributed by atoms with Crippen LogP contribution in [0.4, 0.5) is 5.69 Å². The standard InChI is InChI=1S/C8H11N3O4/c9-3-5(10)4-1-6(11(14)15)8(13)7(12)2-4/h1-2,5,12-13H,3,9-10H2/t5-/m1/s1. The molecule has 7 nitrogen and oxygen atoms in total. The summed E-state index contributed by atoms with van der Waals surface area (Å²) < 4.78 is 0. The molecule has 0 fully saturated rings. The molecule has 1 atom stereocenters. The van der Waals surface area contributed by atoms with Crippen LogP contribution in [0, 0.1) is 10.1 Å².